The smallest absolute Gasteiger partial charge is 0.125 e. The molecule has 0 radical (unpaired) electrons. The molecule has 1 fully saturated rings. The predicted molar refractivity (Wildman–Crippen MR) is 75.7 cm³/mol. The van der Waals surface area contributed by atoms with E-state index in [4.69, 9.17) is 15.5 Å². The molecular formula is C14H24N2OS. The Kier molecular flexibility index (Phi) is 4.09. The van der Waals surface area contributed by atoms with Crippen molar-refractivity contribution in [3.63, 3.8) is 0 Å². The molecule has 1 saturated carbocycles. The van der Waals surface area contributed by atoms with E-state index in [1.165, 1.54) is 19.3 Å². The molecule has 1 aromatic rings. The van der Waals surface area contributed by atoms with Gasteiger partial charge in [-0.15, -0.1) is 11.3 Å². The summed E-state index contributed by atoms with van der Waals surface area (Å²) in [4.78, 5) is 4.79. The molecule has 1 heterocycles. The van der Waals surface area contributed by atoms with Crippen LogP contribution >= 0.6 is 11.3 Å². The molecular weight excluding hydrogens is 244 g/mol. The van der Waals surface area contributed by atoms with Gasteiger partial charge in [-0.3, -0.25) is 0 Å². The van der Waals surface area contributed by atoms with Crippen LogP contribution in [0.1, 0.15) is 63.1 Å². The van der Waals surface area contributed by atoms with E-state index in [0.717, 1.165) is 30.0 Å². The molecule has 0 spiro atoms. The number of nitrogens with zero attached hydrogens (tertiary/aromatic N) is 1. The molecule has 1 aliphatic rings. The van der Waals surface area contributed by atoms with E-state index in [-0.39, 0.29) is 11.1 Å². The number of aromatic nitrogens is 1. The Morgan fingerprint density at radius 3 is 2.67 bits per heavy atom. The van der Waals surface area contributed by atoms with Crippen molar-refractivity contribution in [3.8, 4) is 0 Å². The van der Waals surface area contributed by atoms with Crippen molar-refractivity contribution in [2.45, 2.75) is 63.5 Å². The summed E-state index contributed by atoms with van der Waals surface area (Å²) in [6.07, 6.45) is 6.80. The maximum atomic E-state index is 6.52. The monoisotopic (exact) mass is 268 g/mol. The first kappa shape index (κ1) is 14.0. The Hall–Kier alpha value is -0.450. The average Bonchev–Trinajstić information content (AvgIpc) is 2.89. The Bertz CT molecular complexity index is 392. The summed E-state index contributed by atoms with van der Waals surface area (Å²) in [5.74, 6) is 0. The highest BCUT2D eigenvalue weighted by Crippen LogP contribution is 2.38. The van der Waals surface area contributed by atoms with E-state index in [1.807, 2.05) is 0 Å². The first-order valence-electron chi connectivity index (χ1n) is 6.84. The minimum atomic E-state index is -0.270. The average molecular weight is 268 g/mol. The molecule has 0 aliphatic heterocycles. The van der Waals surface area contributed by atoms with Crippen LogP contribution in [-0.4, -0.2) is 12.1 Å². The standard InChI is InChI=1S/C14H24N2OS/c1-4-13(2,17-3)12-16-11(10-18-12)14(15)8-6-5-7-9-14/h10H,4-9,15H2,1-3H3. The highest BCUT2D eigenvalue weighted by molar-refractivity contribution is 7.09. The first-order valence-corrected chi connectivity index (χ1v) is 7.72. The normalized spacial score (nSPS) is 22.7. The lowest BCUT2D eigenvalue weighted by Crippen LogP contribution is -2.39. The van der Waals surface area contributed by atoms with Crippen LogP contribution in [0.25, 0.3) is 0 Å². The van der Waals surface area contributed by atoms with E-state index >= 15 is 0 Å². The SMILES string of the molecule is CCC(C)(OC)c1nc(C2(N)CCCCC2)cs1. The molecule has 2 rings (SSSR count). The van der Waals surface area contributed by atoms with Gasteiger partial charge in [0.1, 0.15) is 10.6 Å². The van der Waals surface area contributed by atoms with E-state index < -0.39 is 0 Å². The summed E-state index contributed by atoms with van der Waals surface area (Å²) in [7, 11) is 1.75. The van der Waals surface area contributed by atoms with Crippen molar-refractivity contribution < 1.29 is 4.74 Å². The second-order valence-corrected chi connectivity index (χ2v) is 6.40. The summed E-state index contributed by atoms with van der Waals surface area (Å²) in [6, 6.07) is 0. The number of rotatable bonds is 4. The summed E-state index contributed by atoms with van der Waals surface area (Å²) >= 11 is 1.68. The van der Waals surface area contributed by atoms with Crippen molar-refractivity contribution in [1.82, 2.24) is 4.98 Å². The third-order valence-electron chi connectivity index (χ3n) is 4.34. The number of hydrogen-bond acceptors (Lipinski definition) is 4. The highest BCUT2D eigenvalue weighted by atomic mass is 32.1. The summed E-state index contributed by atoms with van der Waals surface area (Å²) in [6.45, 7) is 4.23. The molecule has 102 valence electrons. The van der Waals surface area contributed by atoms with Gasteiger partial charge >= 0.3 is 0 Å². The van der Waals surface area contributed by atoms with Gasteiger partial charge in [-0.25, -0.2) is 4.98 Å². The van der Waals surface area contributed by atoms with Gasteiger partial charge in [0.2, 0.25) is 0 Å². The molecule has 1 atom stereocenters. The Morgan fingerprint density at radius 1 is 1.44 bits per heavy atom. The van der Waals surface area contributed by atoms with Crippen LogP contribution < -0.4 is 5.73 Å². The van der Waals surface area contributed by atoms with E-state index in [1.54, 1.807) is 18.4 Å². The van der Waals surface area contributed by atoms with Crippen LogP contribution in [0.15, 0.2) is 5.38 Å². The van der Waals surface area contributed by atoms with Crippen LogP contribution in [-0.2, 0) is 15.9 Å². The van der Waals surface area contributed by atoms with Gasteiger partial charge in [0.05, 0.1) is 11.2 Å². The molecule has 2 N–H and O–H groups in total. The molecule has 0 bridgehead atoms. The number of nitrogens with two attached hydrogens (primary N) is 1. The van der Waals surface area contributed by atoms with Gasteiger partial charge in [-0.1, -0.05) is 26.2 Å². The van der Waals surface area contributed by atoms with Gasteiger partial charge in [-0.2, -0.15) is 0 Å². The number of methoxy groups -OCH3 is 1. The van der Waals surface area contributed by atoms with Crippen LogP contribution in [0.3, 0.4) is 0 Å². The summed E-state index contributed by atoms with van der Waals surface area (Å²) in [5.41, 5.74) is 7.12. The van der Waals surface area contributed by atoms with E-state index in [2.05, 4.69) is 19.2 Å². The fraction of sp³-hybridized carbons (Fsp3) is 0.786. The molecule has 4 heteroatoms. The minimum absolute atomic E-state index is 0.199. The van der Waals surface area contributed by atoms with Gasteiger partial charge in [0, 0.05) is 12.5 Å². The molecule has 1 unspecified atom stereocenters. The quantitative estimate of drug-likeness (QED) is 0.908. The number of ether oxygens (including phenoxy) is 1. The molecule has 3 nitrogen and oxygen atoms in total. The number of hydrogen-bond donors (Lipinski definition) is 1. The van der Waals surface area contributed by atoms with E-state index in [0.29, 0.717) is 0 Å². The molecule has 1 aromatic heterocycles. The van der Waals surface area contributed by atoms with Crippen LogP contribution in [0.2, 0.25) is 0 Å². The van der Waals surface area contributed by atoms with Gasteiger partial charge in [-0.05, 0) is 26.2 Å². The largest absolute Gasteiger partial charge is 0.371 e. The lowest BCUT2D eigenvalue weighted by Gasteiger charge is -2.32. The summed E-state index contributed by atoms with van der Waals surface area (Å²) < 4.78 is 5.61. The van der Waals surface area contributed by atoms with Crippen LogP contribution in [0.4, 0.5) is 0 Å². The Balaban J connectivity index is 2.24. The zero-order chi connectivity index (χ0) is 13.2. The lowest BCUT2D eigenvalue weighted by molar-refractivity contribution is -0.00183. The van der Waals surface area contributed by atoms with E-state index in [9.17, 15) is 0 Å². The second kappa shape index (κ2) is 5.27. The number of thiazole rings is 1. The zero-order valence-electron chi connectivity index (χ0n) is 11.7. The van der Waals surface area contributed by atoms with Gasteiger partial charge in [0.15, 0.2) is 0 Å². The van der Waals surface area contributed by atoms with Gasteiger partial charge < -0.3 is 10.5 Å². The second-order valence-electron chi connectivity index (χ2n) is 5.54. The third-order valence-corrected chi connectivity index (χ3v) is 5.43. The Labute approximate surface area is 114 Å². The van der Waals surface area contributed by atoms with Gasteiger partial charge in [0.25, 0.3) is 0 Å². The van der Waals surface area contributed by atoms with Crippen molar-refractivity contribution in [2.75, 3.05) is 7.11 Å². The minimum Gasteiger partial charge on any atom is -0.371 e. The molecule has 1 aliphatic carbocycles. The predicted octanol–water partition coefficient (Wildman–Crippen LogP) is 3.53. The Morgan fingerprint density at radius 2 is 2.11 bits per heavy atom. The molecule has 18 heavy (non-hydrogen) atoms. The maximum Gasteiger partial charge on any atom is 0.125 e. The zero-order valence-corrected chi connectivity index (χ0v) is 12.5. The van der Waals surface area contributed by atoms with Crippen molar-refractivity contribution in [1.29, 1.82) is 0 Å². The van der Waals surface area contributed by atoms with Crippen LogP contribution in [0.5, 0.6) is 0 Å². The van der Waals surface area contributed by atoms with Crippen molar-refractivity contribution in [2.24, 2.45) is 5.73 Å². The van der Waals surface area contributed by atoms with Crippen molar-refractivity contribution in [3.05, 3.63) is 16.1 Å². The first-order chi connectivity index (χ1) is 8.54. The molecule has 0 saturated heterocycles. The summed E-state index contributed by atoms with van der Waals surface area (Å²) in [5, 5.41) is 3.19. The lowest BCUT2D eigenvalue weighted by atomic mass is 9.80. The highest BCUT2D eigenvalue weighted by Gasteiger charge is 2.34. The fourth-order valence-electron chi connectivity index (χ4n) is 2.57. The third kappa shape index (κ3) is 2.46. The maximum absolute atomic E-state index is 6.52. The molecule has 0 aromatic carbocycles. The topological polar surface area (TPSA) is 48.1 Å². The molecule has 0 amide bonds. The van der Waals surface area contributed by atoms with Crippen molar-refractivity contribution >= 4 is 11.3 Å². The fourth-order valence-corrected chi connectivity index (χ4v) is 3.71. The van der Waals surface area contributed by atoms with Crippen LogP contribution in [0, 0.1) is 0 Å².